The van der Waals surface area contributed by atoms with Crippen LogP contribution >= 0.6 is 11.3 Å². The standard InChI is InChI=1S/C13H13NO5S2/c1-8-3-4-10(15)11(7-8)21(17,18)14-9-5-6-20-12(9)13(16)19-2/h3-7,14-15H,1-2H3. The zero-order chi connectivity index (χ0) is 15.6. The number of rotatable bonds is 4. The molecule has 0 unspecified atom stereocenters. The summed E-state index contributed by atoms with van der Waals surface area (Å²) in [5.74, 6) is -0.987. The lowest BCUT2D eigenvalue weighted by Gasteiger charge is -2.10. The maximum Gasteiger partial charge on any atom is 0.350 e. The minimum Gasteiger partial charge on any atom is -0.507 e. The fraction of sp³-hybridized carbons (Fsp3) is 0.154. The predicted molar refractivity (Wildman–Crippen MR) is 79.3 cm³/mol. The summed E-state index contributed by atoms with van der Waals surface area (Å²) in [5.41, 5.74) is 0.805. The van der Waals surface area contributed by atoms with Crippen molar-refractivity contribution in [1.82, 2.24) is 0 Å². The summed E-state index contributed by atoms with van der Waals surface area (Å²) >= 11 is 1.06. The first-order valence-electron chi connectivity index (χ1n) is 5.83. The van der Waals surface area contributed by atoms with E-state index >= 15 is 0 Å². The van der Waals surface area contributed by atoms with Crippen molar-refractivity contribution in [3.63, 3.8) is 0 Å². The van der Waals surface area contributed by atoms with Gasteiger partial charge >= 0.3 is 5.97 Å². The lowest BCUT2D eigenvalue weighted by atomic mass is 10.2. The first-order valence-corrected chi connectivity index (χ1v) is 8.19. The minimum atomic E-state index is -4.00. The van der Waals surface area contributed by atoms with E-state index in [1.807, 2.05) is 0 Å². The van der Waals surface area contributed by atoms with Crippen LogP contribution in [0, 0.1) is 6.92 Å². The molecule has 0 spiro atoms. The second-order valence-electron chi connectivity index (χ2n) is 4.23. The van der Waals surface area contributed by atoms with Gasteiger partial charge in [-0.1, -0.05) is 6.07 Å². The van der Waals surface area contributed by atoms with Crippen LogP contribution in [0.1, 0.15) is 15.2 Å². The van der Waals surface area contributed by atoms with Crippen LogP contribution in [-0.2, 0) is 14.8 Å². The number of aryl methyl sites for hydroxylation is 1. The number of anilines is 1. The summed E-state index contributed by atoms with van der Waals surface area (Å²) in [6.07, 6.45) is 0. The average Bonchev–Trinajstić information content (AvgIpc) is 2.87. The number of sulfonamides is 1. The molecule has 21 heavy (non-hydrogen) atoms. The fourth-order valence-electron chi connectivity index (χ4n) is 1.68. The van der Waals surface area contributed by atoms with E-state index in [4.69, 9.17) is 0 Å². The third kappa shape index (κ3) is 3.17. The topological polar surface area (TPSA) is 92.7 Å². The van der Waals surface area contributed by atoms with Crippen LogP contribution in [0.2, 0.25) is 0 Å². The minimum absolute atomic E-state index is 0.118. The average molecular weight is 327 g/mol. The number of carbonyl (C=O) groups is 1. The van der Waals surface area contributed by atoms with E-state index in [-0.39, 0.29) is 21.2 Å². The van der Waals surface area contributed by atoms with Gasteiger partial charge in [-0.05, 0) is 36.1 Å². The van der Waals surface area contributed by atoms with Crippen molar-refractivity contribution in [2.45, 2.75) is 11.8 Å². The summed E-state index contributed by atoms with van der Waals surface area (Å²) in [5, 5.41) is 11.3. The largest absolute Gasteiger partial charge is 0.507 e. The number of hydrogen-bond acceptors (Lipinski definition) is 6. The van der Waals surface area contributed by atoms with Gasteiger partial charge in [-0.25, -0.2) is 13.2 Å². The molecular formula is C13H13NO5S2. The zero-order valence-corrected chi connectivity index (χ0v) is 12.9. The second-order valence-corrected chi connectivity index (χ2v) is 6.80. The van der Waals surface area contributed by atoms with Crippen molar-refractivity contribution < 1.29 is 23.1 Å². The van der Waals surface area contributed by atoms with Crippen LogP contribution in [0.4, 0.5) is 5.69 Å². The third-order valence-electron chi connectivity index (χ3n) is 2.69. The first kappa shape index (κ1) is 15.3. The lowest BCUT2D eigenvalue weighted by Crippen LogP contribution is -2.15. The molecule has 0 atom stereocenters. The van der Waals surface area contributed by atoms with Gasteiger partial charge in [-0.15, -0.1) is 11.3 Å². The molecule has 2 rings (SSSR count). The summed E-state index contributed by atoms with van der Waals surface area (Å²) in [7, 11) is -2.79. The number of phenolic OH excluding ortho intramolecular Hbond substituents is 1. The first-order chi connectivity index (χ1) is 9.85. The maximum atomic E-state index is 12.3. The molecule has 0 saturated heterocycles. The Kier molecular flexibility index (Phi) is 4.19. The molecule has 1 aromatic carbocycles. The van der Waals surface area contributed by atoms with E-state index < -0.39 is 16.0 Å². The maximum absolute atomic E-state index is 12.3. The van der Waals surface area contributed by atoms with Gasteiger partial charge in [0.05, 0.1) is 12.8 Å². The van der Waals surface area contributed by atoms with Crippen molar-refractivity contribution >= 4 is 33.0 Å². The molecule has 112 valence electrons. The van der Waals surface area contributed by atoms with Gasteiger partial charge < -0.3 is 9.84 Å². The summed E-state index contributed by atoms with van der Waals surface area (Å²) in [6, 6.07) is 5.71. The van der Waals surface area contributed by atoms with E-state index in [9.17, 15) is 18.3 Å². The quantitative estimate of drug-likeness (QED) is 0.841. The van der Waals surface area contributed by atoms with Crippen molar-refractivity contribution in [2.24, 2.45) is 0 Å². The molecule has 0 amide bonds. The Balaban J connectivity index is 2.41. The van der Waals surface area contributed by atoms with Crippen LogP contribution in [-0.4, -0.2) is 26.6 Å². The number of thiophene rings is 1. The molecule has 0 radical (unpaired) electrons. The molecule has 0 aliphatic rings. The summed E-state index contributed by atoms with van der Waals surface area (Å²) < 4.78 is 31.5. The van der Waals surface area contributed by atoms with Crippen molar-refractivity contribution in [3.8, 4) is 5.75 Å². The molecule has 1 aromatic heterocycles. The van der Waals surface area contributed by atoms with E-state index in [1.165, 1.54) is 25.3 Å². The van der Waals surface area contributed by atoms with Crippen LogP contribution in [0.3, 0.4) is 0 Å². The van der Waals surface area contributed by atoms with Crippen LogP contribution in [0.25, 0.3) is 0 Å². The van der Waals surface area contributed by atoms with Crippen LogP contribution in [0.15, 0.2) is 34.5 Å². The highest BCUT2D eigenvalue weighted by Gasteiger charge is 2.23. The Bertz CT molecular complexity index is 780. The number of aromatic hydroxyl groups is 1. The molecule has 8 heteroatoms. The van der Waals surface area contributed by atoms with Gasteiger partial charge in [0.1, 0.15) is 15.5 Å². The van der Waals surface area contributed by atoms with Gasteiger partial charge in [0, 0.05) is 0 Å². The van der Waals surface area contributed by atoms with Crippen molar-refractivity contribution in [1.29, 1.82) is 0 Å². The van der Waals surface area contributed by atoms with E-state index in [0.29, 0.717) is 5.56 Å². The van der Waals surface area contributed by atoms with Gasteiger partial charge in [0.2, 0.25) is 0 Å². The highest BCUT2D eigenvalue weighted by atomic mass is 32.2. The number of phenols is 1. The number of nitrogens with one attached hydrogen (secondary N) is 1. The Hall–Kier alpha value is -2.06. The third-order valence-corrected chi connectivity index (χ3v) is 4.97. The smallest absolute Gasteiger partial charge is 0.350 e. The highest BCUT2D eigenvalue weighted by molar-refractivity contribution is 7.92. The molecule has 0 fully saturated rings. The number of carbonyl (C=O) groups excluding carboxylic acids is 1. The fourth-order valence-corrected chi connectivity index (χ4v) is 3.76. The van der Waals surface area contributed by atoms with Gasteiger partial charge in [-0.2, -0.15) is 0 Å². The molecule has 0 bridgehead atoms. The van der Waals surface area contributed by atoms with Crippen LogP contribution in [0.5, 0.6) is 5.75 Å². The molecule has 2 aromatic rings. The van der Waals surface area contributed by atoms with Gasteiger partial charge in [0.15, 0.2) is 0 Å². The molecular weight excluding hydrogens is 314 g/mol. The van der Waals surface area contributed by atoms with E-state index in [1.54, 1.807) is 18.4 Å². The molecule has 0 aliphatic heterocycles. The van der Waals surface area contributed by atoms with E-state index in [2.05, 4.69) is 9.46 Å². The molecule has 6 nitrogen and oxygen atoms in total. The Morgan fingerprint density at radius 3 is 2.71 bits per heavy atom. The molecule has 0 saturated carbocycles. The summed E-state index contributed by atoms with van der Waals surface area (Å²) in [6.45, 7) is 1.71. The highest BCUT2D eigenvalue weighted by Crippen LogP contribution is 2.29. The van der Waals surface area contributed by atoms with Crippen LogP contribution < -0.4 is 4.72 Å². The van der Waals surface area contributed by atoms with E-state index in [0.717, 1.165) is 11.3 Å². The number of ether oxygens (including phenoxy) is 1. The van der Waals surface area contributed by atoms with Gasteiger partial charge in [-0.3, -0.25) is 4.72 Å². The number of methoxy groups -OCH3 is 1. The SMILES string of the molecule is COC(=O)c1sccc1NS(=O)(=O)c1cc(C)ccc1O. The number of benzene rings is 1. The zero-order valence-electron chi connectivity index (χ0n) is 11.3. The second kappa shape index (κ2) is 5.74. The number of hydrogen-bond donors (Lipinski definition) is 2. The summed E-state index contributed by atoms with van der Waals surface area (Å²) in [4.78, 5) is 11.4. The monoisotopic (exact) mass is 327 g/mol. The molecule has 2 N–H and O–H groups in total. The molecule has 0 aliphatic carbocycles. The Morgan fingerprint density at radius 2 is 2.05 bits per heavy atom. The number of esters is 1. The lowest BCUT2D eigenvalue weighted by molar-refractivity contribution is 0.0607. The Morgan fingerprint density at radius 1 is 1.33 bits per heavy atom. The van der Waals surface area contributed by atoms with Crippen molar-refractivity contribution in [3.05, 3.63) is 40.1 Å². The van der Waals surface area contributed by atoms with Gasteiger partial charge in [0.25, 0.3) is 10.0 Å². The molecule has 1 heterocycles. The van der Waals surface area contributed by atoms with Crippen molar-refractivity contribution in [2.75, 3.05) is 11.8 Å². The Labute approximate surface area is 126 Å². The predicted octanol–water partition coefficient (Wildman–Crippen LogP) is 2.35. The normalized spacial score (nSPS) is 11.1.